The molecule has 0 spiro atoms. The van der Waals surface area contributed by atoms with Gasteiger partial charge in [-0.1, -0.05) is 0 Å². The number of aromatic hydroxyl groups is 2. The van der Waals surface area contributed by atoms with Crippen LogP contribution in [0.15, 0.2) is 6.08 Å². The molecule has 4 heteroatoms. The fourth-order valence-electron chi connectivity index (χ4n) is 2.02. The largest absolute Gasteiger partial charge is 0.507 e. The molecule has 0 bridgehead atoms. The third-order valence-corrected chi connectivity index (χ3v) is 3.04. The van der Waals surface area contributed by atoms with Gasteiger partial charge in [0.05, 0.1) is 5.56 Å². The summed E-state index contributed by atoms with van der Waals surface area (Å²) in [5, 5.41) is 20.0. The van der Waals surface area contributed by atoms with Gasteiger partial charge in [0.25, 0.3) is 0 Å². The highest BCUT2D eigenvalue weighted by Crippen LogP contribution is 2.46. The van der Waals surface area contributed by atoms with Crippen LogP contribution in [-0.4, -0.2) is 21.6 Å². The number of carbonyl (C=O) groups is 1. The molecule has 96 valence electrons. The van der Waals surface area contributed by atoms with Crippen LogP contribution in [0.4, 0.5) is 0 Å². The Kier molecular flexibility index (Phi) is 2.61. The van der Waals surface area contributed by atoms with E-state index in [1.807, 2.05) is 13.8 Å². The van der Waals surface area contributed by atoms with Gasteiger partial charge in [0, 0.05) is 5.56 Å². The van der Waals surface area contributed by atoms with Crippen LogP contribution in [0.1, 0.15) is 42.3 Å². The maximum Gasteiger partial charge on any atom is 0.167 e. The zero-order valence-corrected chi connectivity index (χ0v) is 10.9. The molecule has 0 unspecified atom stereocenters. The van der Waals surface area contributed by atoms with E-state index in [1.165, 1.54) is 6.92 Å². The average Bonchev–Trinajstić information content (AvgIpc) is 2.24. The van der Waals surface area contributed by atoms with Crippen LogP contribution in [0.5, 0.6) is 17.2 Å². The predicted molar refractivity (Wildman–Crippen MR) is 68.3 cm³/mol. The van der Waals surface area contributed by atoms with Crippen LogP contribution in [0, 0.1) is 6.92 Å². The highest BCUT2D eigenvalue weighted by Gasteiger charge is 2.30. The predicted octanol–water partition coefficient (Wildman–Crippen LogP) is 2.79. The number of phenolic OH excluding ortho intramolecular Hbond substituents is 2. The first-order valence-corrected chi connectivity index (χ1v) is 5.72. The molecule has 1 aliphatic rings. The van der Waals surface area contributed by atoms with Crippen molar-refractivity contribution in [3.05, 3.63) is 22.8 Å². The van der Waals surface area contributed by atoms with E-state index in [1.54, 1.807) is 19.1 Å². The van der Waals surface area contributed by atoms with Crippen molar-refractivity contribution in [3.8, 4) is 17.2 Å². The van der Waals surface area contributed by atoms with Gasteiger partial charge in [-0.05, 0) is 39.8 Å². The second kappa shape index (κ2) is 3.77. The fourth-order valence-corrected chi connectivity index (χ4v) is 2.02. The molecule has 0 saturated heterocycles. The molecule has 0 fully saturated rings. The van der Waals surface area contributed by atoms with E-state index < -0.39 is 5.60 Å². The lowest BCUT2D eigenvalue weighted by Crippen LogP contribution is -2.28. The third-order valence-electron chi connectivity index (χ3n) is 3.04. The third kappa shape index (κ3) is 1.74. The summed E-state index contributed by atoms with van der Waals surface area (Å²) in [6, 6.07) is 0. The summed E-state index contributed by atoms with van der Waals surface area (Å²) in [6.45, 7) is 6.60. The van der Waals surface area contributed by atoms with Gasteiger partial charge in [0.15, 0.2) is 5.78 Å². The van der Waals surface area contributed by atoms with E-state index in [2.05, 4.69) is 0 Å². The lowest BCUT2D eigenvalue weighted by atomic mass is 9.94. The number of Topliss-reactive ketones (excluding diaryl/α,β-unsaturated/α-hetero) is 1. The Morgan fingerprint density at radius 2 is 1.89 bits per heavy atom. The quantitative estimate of drug-likeness (QED) is 0.750. The summed E-state index contributed by atoms with van der Waals surface area (Å²) in [5.74, 6) is -0.322. The van der Waals surface area contributed by atoms with Gasteiger partial charge >= 0.3 is 0 Å². The zero-order chi connectivity index (χ0) is 13.7. The number of rotatable bonds is 1. The van der Waals surface area contributed by atoms with Gasteiger partial charge < -0.3 is 14.9 Å². The van der Waals surface area contributed by atoms with Crippen molar-refractivity contribution >= 4 is 11.9 Å². The first-order chi connectivity index (χ1) is 8.24. The molecule has 4 nitrogen and oxygen atoms in total. The lowest BCUT2D eigenvalue weighted by Gasteiger charge is -2.30. The number of hydrogen-bond donors (Lipinski definition) is 2. The van der Waals surface area contributed by atoms with Crippen molar-refractivity contribution in [2.24, 2.45) is 0 Å². The van der Waals surface area contributed by atoms with Gasteiger partial charge in [-0.3, -0.25) is 4.79 Å². The SMILES string of the molecule is CC(=O)c1c(O)c(C)c(O)c2c1OC(C)(C)C=C2. The van der Waals surface area contributed by atoms with Crippen molar-refractivity contribution in [2.75, 3.05) is 0 Å². The Morgan fingerprint density at radius 3 is 2.44 bits per heavy atom. The Balaban J connectivity index is 2.82. The van der Waals surface area contributed by atoms with E-state index in [-0.39, 0.29) is 34.2 Å². The average molecular weight is 248 g/mol. The second-order valence-electron chi connectivity index (χ2n) is 5.04. The number of carbonyl (C=O) groups excluding carboxylic acids is 1. The summed E-state index contributed by atoms with van der Waals surface area (Å²) in [6.07, 6.45) is 3.52. The first kappa shape index (κ1) is 12.5. The monoisotopic (exact) mass is 248 g/mol. The van der Waals surface area contributed by atoms with Crippen molar-refractivity contribution in [2.45, 2.75) is 33.3 Å². The minimum atomic E-state index is -0.578. The van der Waals surface area contributed by atoms with Crippen LogP contribution in [0.2, 0.25) is 0 Å². The van der Waals surface area contributed by atoms with Crippen LogP contribution < -0.4 is 4.74 Å². The zero-order valence-electron chi connectivity index (χ0n) is 10.9. The van der Waals surface area contributed by atoms with Gasteiger partial charge in [-0.15, -0.1) is 0 Å². The van der Waals surface area contributed by atoms with E-state index in [0.717, 1.165) is 0 Å². The molecule has 0 radical (unpaired) electrons. The number of ketones is 1. The van der Waals surface area contributed by atoms with E-state index in [0.29, 0.717) is 5.56 Å². The van der Waals surface area contributed by atoms with E-state index in [4.69, 9.17) is 4.74 Å². The number of ether oxygens (including phenoxy) is 1. The molecular formula is C14H16O4. The molecule has 2 rings (SSSR count). The molecule has 1 aromatic carbocycles. The highest BCUT2D eigenvalue weighted by atomic mass is 16.5. The molecule has 1 aromatic rings. The minimum absolute atomic E-state index is 0.0562. The van der Waals surface area contributed by atoms with Gasteiger partial charge in [0.1, 0.15) is 28.4 Å². The first-order valence-electron chi connectivity index (χ1n) is 5.72. The Bertz CT molecular complexity index is 568. The van der Waals surface area contributed by atoms with Gasteiger partial charge in [-0.2, -0.15) is 0 Å². The summed E-state index contributed by atoms with van der Waals surface area (Å²) in [7, 11) is 0. The molecule has 0 aromatic heterocycles. The van der Waals surface area contributed by atoms with Crippen LogP contribution in [0.3, 0.4) is 0 Å². The van der Waals surface area contributed by atoms with Gasteiger partial charge in [0.2, 0.25) is 0 Å². The maximum absolute atomic E-state index is 11.7. The summed E-state index contributed by atoms with van der Waals surface area (Å²) >= 11 is 0. The normalized spacial score (nSPS) is 16.0. The number of fused-ring (bicyclic) bond motifs is 1. The van der Waals surface area contributed by atoms with E-state index >= 15 is 0 Å². The molecule has 2 N–H and O–H groups in total. The second-order valence-corrected chi connectivity index (χ2v) is 5.04. The highest BCUT2D eigenvalue weighted by molar-refractivity contribution is 6.02. The Morgan fingerprint density at radius 1 is 1.28 bits per heavy atom. The van der Waals surface area contributed by atoms with Crippen molar-refractivity contribution < 1.29 is 19.7 Å². The van der Waals surface area contributed by atoms with Crippen LogP contribution in [0.25, 0.3) is 6.08 Å². The van der Waals surface area contributed by atoms with Crippen molar-refractivity contribution in [1.29, 1.82) is 0 Å². The summed E-state index contributed by atoms with van der Waals surface area (Å²) in [4.78, 5) is 11.7. The molecule has 0 saturated carbocycles. The molecule has 1 aliphatic heterocycles. The van der Waals surface area contributed by atoms with E-state index in [9.17, 15) is 15.0 Å². The number of phenols is 2. The summed E-state index contributed by atoms with van der Waals surface area (Å²) < 4.78 is 5.70. The smallest absolute Gasteiger partial charge is 0.167 e. The molecule has 0 atom stereocenters. The van der Waals surface area contributed by atoms with Gasteiger partial charge in [-0.25, -0.2) is 0 Å². The number of hydrogen-bond acceptors (Lipinski definition) is 4. The Hall–Kier alpha value is -1.97. The topological polar surface area (TPSA) is 66.8 Å². The maximum atomic E-state index is 11.7. The van der Waals surface area contributed by atoms with Crippen molar-refractivity contribution in [3.63, 3.8) is 0 Å². The van der Waals surface area contributed by atoms with Crippen LogP contribution >= 0.6 is 0 Å². The Labute approximate surface area is 106 Å². The molecule has 18 heavy (non-hydrogen) atoms. The molecule has 0 aliphatic carbocycles. The fraction of sp³-hybridized carbons (Fsp3) is 0.357. The molecule has 0 amide bonds. The van der Waals surface area contributed by atoms with Crippen molar-refractivity contribution in [1.82, 2.24) is 0 Å². The van der Waals surface area contributed by atoms with Crippen LogP contribution in [-0.2, 0) is 0 Å². The summed E-state index contributed by atoms with van der Waals surface area (Å²) in [5.41, 5.74) is 0.269. The standard InChI is InChI=1S/C14H16O4/c1-7-11(16)9-5-6-14(3,4)18-13(9)10(8(2)15)12(7)17/h5-6,16-17H,1-4H3. The molecular weight excluding hydrogens is 232 g/mol. The minimum Gasteiger partial charge on any atom is -0.507 e. The lowest BCUT2D eigenvalue weighted by molar-refractivity contribution is 0.0996. The molecule has 1 heterocycles. The number of benzene rings is 1.